The minimum Gasteiger partial charge on any atom is -0.354 e. The average molecular weight is 368 g/mol. The summed E-state index contributed by atoms with van der Waals surface area (Å²) < 4.78 is 13.2. The second kappa shape index (κ2) is 7.70. The van der Waals surface area contributed by atoms with Crippen molar-refractivity contribution >= 4 is 17.7 Å². The lowest BCUT2D eigenvalue weighted by Crippen LogP contribution is -2.52. The number of halogens is 1. The van der Waals surface area contributed by atoms with E-state index in [2.05, 4.69) is 5.32 Å². The van der Waals surface area contributed by atoms with Gasteiger partial charge in [0.1, 0.15) is 11.9 Å². The van der Waals surface area contributed by atoms with E-state index in [9.17, 15) is 18.8 Å². The van der Waals surface area contributed by atoms with Gasteiger partial charge < -0.3 is 5.32 Å². The Morgan fingerprint density at radius 2 is 1.67 bits per heavy atom. The van der Waals surface area contributed by atoms with E-state index in [0.717, 1.165) is 10.5 Å². The Labute approximate surface area is 157 Å². The van der Waals surface area contributed by atoms with Crippen LogP contribution in [0.25, 0.3) is 0 Å². The number of hydrogen-bond acceptors (Lipinski definition) is 3. The first-order valence-electron chi connectivity index (χ1n) is 8.89. The van der Waals surface area contributed by atoms with Crippen molar-refractivity contribution in [1.29, 1.82) is 0 Å². The summed E-state index contributed by atoms with van der Waals surface area (Å²) in [6, 6.07) is 11.8. The maximum atomic E-state index is 13.2. The quantitative estimate of drug-likeness (QED) is 0.798. The molecule has 2 aromatic rings. The molecule has 0 fully saturated rings. The van der Waals surface area contributed by atoms with Crippen LogP contribution in [-0.4, -0.2) is 35.2 Å². The van der Waals surface area contributed by atoms with E-state index in [1.807, 2.05) is 0 Å². The summed E-state index contributed by atoms with van der Waals surface area (Å²) in [6.07, 6.45) is 0.455. The second-order valence-corrected chi connectivity index (χ2v) is 6.89. The summed E-state index contributed by atoms with van der Waals surface area (Å²) >= 11 is 0. The van der Waals surface area contributed by atoms with E-state index in [1.165, 1.54) is 12.1 Å². The van der Waals surface area contributed by atoms with Crippen LogP contribution in [0, 0.1) is 11.7 Å². The number of benzene rings is 2. The van der Waals surface area contributed by atoms with Gasteiger partial charge in [-0.15, -0.1) is 0 Å². The Morgan fingerprint density at radius 3 is 2.22 bits per heavy atom. The molecule has 27 heavy (non-hydrogen) atoms. The molecule has 0 saturated heterocycles. The first kappa shape index (κ1) is 18.8. The summed E-state index contributed by atoms with van der Waals surface area (Å²) in [5.41, 5.74) is 1.40. The van der Waals surface area contributed by atoms with E-state index >= 15 is 0 Å². The fourth-order valence-corrected chi connectivity index (χ4v) is 3.31. The number of amides is 3. The molecule has 1 aliphatic rings. The molecule has 1 N–H and O–H groups in total. The first-order valence-corrected chi connectivity index (χ1v) is 8.89. The zero-order valence-electron chi connectivity index (χ0n) is 15.2. The Kier molecular flexibility index (Phi) is 5.35. The highest BCUT2D eigenvalue weighted by molar-refractivity contribution is 6.22. The van der Waals surface area contributed by atoms with E-state index in [-0.39, 0.29) is 18.3 Å². The van der Waals surface area contributed by atoms with Crippen molar-refractivity contribution in [3.63, 3.8) is 0 Å². The lowest BCUT2D eigenvalue weighted by atomic mass is 10.0. The van der Waals surface area contributed by atoms with Crippen LogP contribution in [0.1, 0.15) is 40.1 Å². The van der Waals surface area contributed by atoms with Crippen LogP contribution in [0.3, 0.4) is 0 Å². The molecule has 1 heterocycles. The third kappa shape index (κ3) is 3.74. The number of hydrogen-bond donors (Lipinski definition) is 1. The van der Waals surface area contributed by atoms with E-state index in [4.69, 9.17) is 0 Å². The second-order valence-electron chi connectivity index (χ2n) is 6.89. The zero-order chi connectivity index (χ0) is 19.6. The third-order valence-electron chi connectivity index (χ3n) is 4.61. The van der Waals surface area contributed by atoms with Gasteiger partial charge in [0, 0.05) is 6.54 Å². The molecule has 0 saturated carbocycles. The summed E-state index contributed by atoms with van der Waals surface area (Å²) in [4.78, 5) is 39.1. The van der Waals surface area contributed by atoms with Crippen LogP contribution in [0.5, 0.6) is 0 Å². The topological polar surface area (TPSA) is 66.5 Å². The molecular formula is C21H21FN2O3. The van der Waals surface area contributed by atoms with Gasteiger partial charge in [0.05, 0.1) is 11.1 Å². The Balaban J connectivity index is 1.71. The van der Waals surface area contributed by atoms with E-state index < -0.39 is 23.8 Å². The van der Waals surface area contributed by atoms with Gasteiger partial charge in [0.2, 0.25) is 5.91 Å². The van der Waals surface area contributed by atoms with Crippen LogP contribution in [0.15, 0.2) is 48.5 Å². The SMILES string of the molecule is CC(C)[C@@H](C(=O)NCCc1cccc(F)c1)N1C(=O)c2ccccc2C1=O. The number of rotatable bonds is 6. The summed E-state index contributed by atoms with van der Waals surface area (Å²) in [5.74, 6) is -1.87. The molecule has 0 aromatic heterocycles. The molecule has 5 nitrogen and oxygen atoms in total. The fraction of sp³-hybridized carbons (Fsp3) is 0.286. The monoisotopic (exact) mass is 368 g/mol. The molecule has 6 heteroatoms. The van der Waals surface area contributed by atoms with Crippen molar-refractivity contribution in [3.8, 4) is 0 Å². The molecule has 0 radical (unpaired) electrons. The van der Waals surface area contributed by atoms with Crippen molar-refractivity contribution in [1.82, 2.24) is 10.2 Å². The lowest BCUT2D eigenvalue weighted by Gasteiger charge is -2.28. The molecule has 2 aromatic carbocycles. The maximum absolute atomic E-state index is 13.2. The minimum absolute atomic E-state index is 0.249. The number of nitrogens with zero attached hydrogens (tertiary/aromatic N) is 1. The molecule has 3 amide bonds. The molecule has 3 rings (SSSR count). The predicted octanol–water partition coefficient (Wildman–Crippen LogP) is 2.81. The number of nitrogens with one attached hydrogen (secondary N) is 1. The van der Waals surface area contributed by atoms with Crippen LogP contribution >= 0.6 is 0 Å². The Bertz CT molecular complexity index is 860. The standard InChI is InChI=1S/C21H21FN2O3/c1-13(2)18(19(25)23-11-10-14-6-5-7-15(22)12-14)24-20(26)16-8-3-4-9-17(16)21(24)27/h3-9,12-13,18H,10-11H2,1-2H3,(H,23,25)/t18-/m0/s1. The van der Waals surface area contributed by atoms with Crippen LogP contribution in [-0.2, 0) is 11.2 Å². The summed E-state index contributed by atoms with van der Waals surface area (Å²) in [5, 5.41) is 2.77. The largest absolute Gasteiger partial charge is 0.354 e. The Hall–Kier alpha value is -3.02. The van der Waals surface area contributed by atoms with Crippen molar-refractivity contribution in [2.45, 2.75) is 26.3 Å². The number of fused-ring (bicyclic) bond motifs is 1. The van der Waals surface area contributed by atoms with Gasteiger partial charge in [-0.1, -0.05) is 38.1 Å². The Morgan fingerprint density at radius 1 is 1.04 bits per heavy atom. The van der Waals surface area contributed by atoms with Gasteiger partial charge >= 0.3 is 0 Å². The van der Waals surface area contributed by atoms with Crippen LogP contribution in [0.2, 0.25) is 0 Å². The van der Waals surface area contributed by atoms with Gasteiger partial charge in [0.25, 0.3) is 11.8 Å². The molecule has 0 spiro atoms. The first-order chi connectivity index (χ1) is 12.9. The summed E-state index contributed by atoms with van der Waals surface area (Å²) in [6.45, 7) is 3.87. The zero-order valence-corrected chi connectivity index (χ0v) is 15.2. The lowest BCUT2D eigenvalue weighted by molar-refractivity contribution is -0.126. The highest BCUT2D eigenvalue weighted by Crippen LogP contribution is 2.27. The molecule has 1 atom stereocenters. The normalized spacial score (nSPS) is 14.4. The van der Waals surface area contributed by atoms with Crippen LogP contribution < -0.4 is 5.32 Å². The molecule has 0 aliphatic carbocycles. The average Bonchev–Trinajstić information content (AvgIpc) is 2.87. The molecule has 0 bridgehead atoms. The van der Waals surface area contributed by atoms with Crippen molar-refractivity contribution in [2.75, 3.05) is 6.54 Å². The van der Waals surface area contributed by atoms with Gasteiger partial charge in [-0.25, -0.2) is 4.39 Å². The maximum Gasteiger partial charge on any atom is 0.262 e. The summed E-state index contributed by atoms with van der Waals surface area (Å²) in [7, 11) is 0. The highest BCUT2D eigenvalue weighted by atomic mass is 19.1. The van der Waals surface area contributed by atoms with Gasteiger partial charge in [-0.3, -0.25) is 19.3 Å². The molecule has 1 aliphatic heterocycles. The predicted molar refractivity (Wildman–Crippen MR) is 98.7 cm³/mol. The number of carbonyl (C=O) groups excluding carboxylic acids is 3. The number of carbonyl (C=O) groups is 3. The van der Waals surface area contributed by atoms with E-state index in [0.29, 0.717) is 17.5 Å². The fourth-order valence-electron chi connectivity index (χ4n) is 3.31. The third-order valence-corrected chi connectivity index (χ3v) is 4.61. The van der Waals surface area contributed by atoms with Crippen LogP contribution in [0.4, 0.5) is 4.39 Å². The molecule has 0 unspecified atom stereocenters. The van der Waals surface area contributed by atoms with Gasteiger partial charge in [-0.05, 0) is 42.2 Å². The smallest absolute Gasteiger partial charge is 0.262 e. The molecule has 140 valence electrons. The molecular weight excluding hydrogens is 347 g/mol. The van der Waals surface area contributed by atoms with Gasteiger partial charge in [-0.2, -0.15) is 0 Å². The van der Waals surface area contributed by atoms with Gasteiger partial charge in [0.15, 0.2) is 0 Å². The van der Waals surface area contributed by atoms with Crippen molar-refractivity contribution in [3.05, 3.63) is 71.0 Å². The van der Waals surface area contributed by atoms with Crippen molar-refractivity contribution < 1.29 is 18.8 Å². The minimum atomic E-state index is -0.898. The van der Waals surface area contributed by atoms with Crippen molar-refractivity contribution in [2.24, 2.45) is 5.92 Å². The number of imide groups is 1. The highest BCUT2D eigenvalue weighted by Gasteiger charge is 2.43. The van der Waals surface area contributed by atoms with E-state index in [1.54, 1.807) is 50.2 Å².